The molecule has 21 heteroatoms. The van der Waals surface area contributed by atoms with E-state index in [9.17, 15) is 0 Å². The molecule has 1 aliphatic heterocycles. The number of rotatable bonds is 18. The van der Waals surface area contributed by atoms with E-state index in [-0.39, 0.29) is 68.5 Å². The first-order valence-electron chi connectivity index (χ1n) is 41.4. The Balaban J connectivity index is 0. The number of methoxy groups -OCH3 is 8. The van der Waals surface area contributed by atoms with E-state index in [0.29, 0.717) is 132 Å². The average molecular weight is 1790 g/mol. The van der Waals surface area contributed by atoms with E-state index in [2.05, 4.69) is 318 Å². The number of ether oxygens (including phenoxy) is 14. The molecule has 0 unspecified atom stereocenters. The van der Waals surface area contributed by atoms with E-state index in [1.165, 1.54) is 134 Å². The fourth-order valence-electron chi connectivity index (χ4n) is 14.8. The molecule has 1 aliphatic rings. The van der Waals surface area contributed by atoms with Crippen molar-refractivity contribution in [3.8, 4) is 66.8 Å². The third kappa shape index (κ3) is 42.8. The van der Waals surface area contributed by atoms with Crippen molar-refractivity contribution in [2.75, 3.05) is 189 Å². The third-order valence-corrected chi connectivity index (χ3v) is 19.3. The van der Waals surface area contributed by atoms with Gasteiger partial charge < -0.3 is 66.3 Å². The Morgan fingerprint density at radius 2 is 0.333 bits per heavy atom. The summed E-state index contributed by atoms with van der Waals surface area (Å²) in [5.41, 5.74) is 37.8. The molecule has 0 aromatic heterocycles. The van der Waals surface area contributed by atoms with Crippen LogP contribution in [0.5, 0.6) is 0 Å². The molecule has 0 amide bonds. The SMILES string of the molecule is C1COCCOCCOCCOCCOCCO1.COCCOC.COCCOC.COCCOC.COCCOC.[C-]#[N+]c1c(-c2c(C)cc(C)cc2C)cccc1-c1c(C)cc(C)cc1C.[C-]#[N+]c1c(-c2c(C)cc(C)cc2C)cccc1-c1c(C)cc(C)cc1C.[C-]#[N+]c1c(-c2c(C)cc(C)cc2C)cccc1-c1c(C)cc(C)cc1C.[C-]#[O+].[C-]#[O+].[K].[Mn]. The van der Waals surface area contributed by atoms with Gasteiger partial charge in [0.25, 0.3) is 0 Å². The fraction of sp³-hybridized carbons (Fsp3) is 0.438. The van der Waals surface area contributed by atoms with Gasteiger partial charge in [0.1, 0.15) is 0 Å². The van der Waals surface area contributed by atoms with Gasteiger partial charge in [-0.05, 0) is 258 Å². The molecule has 2 radical (unpaired) electrons. The Kier molecular flexibility index (Phi) is 68.3. The van der Waals surface area contributed by atoms with Crippen molar-refractivity contribution in [3.63, 3.8) is 0 Å². The van der Waals surface area contributed by atoms with Crippen molar-refractivity contribution < 1.29 is 92.7 Å². The number of para-hydroxylation sites is 3. The van der Waals surface area contributed by atoms with Crippen LogP contribution in [0, 0.1) is 158 Å². The monoisotopic (exact) mass is 1790 g/mol. The summed E-state index contributed by atoms with van der Waals surface area (Å²) >= 11 is 0. The van der Waals surface area contributed by atoms with E-state index in [1.807, 2.05) is 0 Å². The largest absolute Gasteiger partial charge is 0 e. The van der Waals surface area contributed by atoms with E-state index >= 15 is 0 Å². The number of hydrogen-bond acceptors (Lipinski definition) is 14. The van der Waals surface area contributed by atoms with Crippen LogP contribution in [0.1, 0.15) is 100 Å². The van der Waals surface area contributed by atoms with Crippen LogP contribution in [0.25, 0.3) is 81.3 Å². The first kappa shape index (κ1) is 121. The molecule has 1 fully saturated rings. The van der Waals surface area contributed by atoms with Gasteiger partial charge >= 0.3 is 22.6 Å². The smallest absolute Gasteiger partial charge is 0 e. The quantitative estimate of drug-likeness (QED) is 0.0342. The van der Waals surface area contributed by atoms with Gasteiger partial charge in [-0.3, -0.25) is 0 Å². The van der Waals surface area contributed by atoms with Gasteiger partial charge in [-0.2, -0.15) is 0 Å². The van der Waals surface area contributed by atoms with Crippen LogP contribution in [-0.4, -0.2) is 240 Å². The predicted octanol–water partition coefficient (Wildman–Crippen LogP) is 23.0. The number of aryl methyl sites for hydroxylation is 18. The minimum Gasteiger partial charge on any atom is 0 e. The summed E-state index contributed by atoms with van der Waals surface area (Å²) in [6.45, 7) is 83.7. The van der Waals surface area contributed by atoms with Gasteiger partial charge in [0.15, 0.2) is 0 Å². The molecule has 0 aliphatic carbocycles. The molecule has 0 bridgehead atoms. The Labute approximate surface area is 809 Å². The number of hydrogen-bond donors (Lipinski definition) is 0. The van der Waals surface area contributed by atoms with Crippen molar-refractivity contribution in [2.45, 2.75) is 125 Å². The van der Waals surface area contributed by atoms with Gasteiger partial charge in [0, 0.05) is 125 Å². The van der Waals surface area contributed by atoms with E-state index < -0.39 is 0 Å². The maximum absolute atomic E-state index is 7.92. The van der Waals surface area contributed by atoms with Crippen molar-refractivity contribution in [2.24, 2.45) is 0 Å². The molecule has 678 valence electrons. The summed E-state index contributed by atoms with van der Waals surface area (Å²) in [4.78, 5) is 11.9. The zero-order chi connectivity index (χ0) is 93.1. The summed E-state index contributed by atoms with van der Waals surface area (Å²) in [6, 6.07) is 45.1. The van der Waals surface area contributed by atoms with E-state index in [4.69, 9.17) is 57.4 Å². The van der Waals surface area contributed by atoms with Gasteiger partial charge in [-0.25, -0.2) is 14.5 Å². The molecule has 9 aromatic carbocycles. The summed E-state index contributed by atoms with van der Waals surface area (Å²) < 4.78 is 84.2. The first-order chi connectivity index (χ1) is 59.6. The van der Waals surface area contributed by atoms with Crippen LogP contribution in [0.2, 0.25) is 0 Å². The molecule has 0 N–H and O–H groups in total. The molecule has 19 nitrogen and oxygen atoms in total. The summed E-state index contributed by atoms with van der Waals surface area (Å²) in [7, 11) is 13.2. The van der Waals surface area contributed by atoms with Crippen LogP contribution in [0.3, 0.4) is 0 Å². The molecular formula is C105H139KMnN3O16. The molecular weight excluding hydrogens is 1650 g/mol. The van der Waals surface area contributed by atoms with Gasteiger partial charge in [-0.1, -0.05) is 161 Å². The standard InChI is InChI=1S/3C25H25N.C12H24O6.4C4H10O2.2CO.K.Mn/c3*1-15-11-17(3)23(18(4)12-15)21-9-8-10-22(25(21)26-7)24-19(5)13-16(2)14-20(24)6;1-2-14-5-6-16-9-10-18-12-11-17-8-7-15-4-3-13-1;4*1-5-3-4-6-2;2*1-2;;/h3*8-14H,1-6H3;1-12H2;4*3-4H2,1-2H3;;;;. The fourth-order valence-corrected chi connectivity index (χ4v) is 14.8. The molecule has 0 atom stereocenters. The van der Waals surface area contributed by atoms with Crippen molar-refractivity contribution >= 4 is 68.4 Å². The average Bonchev–Trinajstić information content (AvgIpc) is 0.684. The Bertz CT molecular complexity index is 3900. The Hall–Kier alpha value is -7.47. The van der Waals surface area contributed by atoms with E-state index in [1.54, 1.807) is 56.9 Å². The maximum Gasteiger partial charge on any atom is 0 e. The second-order valence-corrected chi connectivity index (χ2v) is 29.7. The molecule has 10 rings (SSSR count). The van der Waals surface area contributed by atoms with Crippen LogP contribution in [0.4, 0.5) is 17.1 Å². The van der Waals surface area contributed by atoms with Gasteiger partial charge in [0.2, 0.25) is 17.1 Å². The Morgan fingerprint density at radius 1 is 0.230 bits per heavy atom. The minimum atomic E-state index is 0. The second-order valence-electron chi connectivity index (χ2n) is 29.7. The second kappa shape index (κ2) is 71.4. The van der Waals surface area contributed by atoms with Crippen molar-refractivity contribution in [3.05, 3.63) is 275 Å². The molecule has 1 heterocycles. The van der Waals surface area contributed by atoms with Crippen LogP contribution < -0.4 is 0 Å². The normalized spacial score (nSPS) is 11.8. The van der Waals surface area contributed by atoms with Crippen molar-refractivity contribution in [1.29, 1.82) is 0 Å². The van der Waals surface area contributed by atoms with Crippen LogP contribution >= 0.6 is 0 Å². The Morgan fingerprint density at radius 3 is 0.421 bits per heavy atom. The topological polar surface area (TPSA) is 182 Å². The van der Waals surface area contributed by atoms with Gasteiger partial charge in [-0.15, -0.1) is 0 Å². The first-order valence-corrected chi connectivity index (χ1v) is 41.4. The molecule has 9 aromatic rings. The predicted molar refractivity (Wildman–Crippen MR) is 510 cm³/mol. The molecule has 1 saturated heterocycles. The number of nitrogens with zero attached hydrogens (tertiary/aromatic N) is 3. The number of benzene rings is 9. The van der Waals surface area contributed by atoms with Crippen molar-refractivity contribution in [1.82, 2.24) is 0 Å². The van der Waals surface area contributed by atoms with E-state index in [0.717, 1.165) is 50.4 Å². The zero-order valence-electron chi connectivity index (χ0n) is 80.5. The summed E-state index contributed by atoms with van der Waals surface area (Å²) in [5.74, 6) is 0. The maximum atomic E-state index is 7.92. The summed E-state index contributed by atoms with van der Waals surface area (Å²) in [5, 5.41) is 0. The minimum absolute atomic E-state index is 0. The molecule has 126 heavy (non-hydrogen) atoms. The molecule has 0 spiro atoms. The summed E-state index contributed by atoms with van der Waals surface area (Å²) in [6.07, 6.45) is 0. The zero-order valence-corrected chi connectivity index (χ0v) is 84.8. The van der Waals surface area contributed by atoms with Crippen LogP contribution in [-0.2, 0) is 92.7 Å². The van der Waals surface area contributed by atoms with Gasteiger partial charge in [0.05, 0.1) is 152 Å². The van der Waals surface area contributed by atoms with Crippen LogP contribution in [0.15, 0.2) is 127 Å². The molecule has 0 saturated carbocycles. The third-order valence-electron chi connectivity index (χ3n) is 19.3.